The summed E-state index contributed by atoms with van der Waals surface area (Å²) < 4.78 is 13.0. The smallest absolute Gasteiger partial charge is 0.227 e. The highest BCUT2D eigenvalue weighted by molar-refractivity contribution is 6.31. The Hall–Kier alpha value is -1.13. The molecule has 3 N–H and O–H groups in total. The van der Waals surface area contributed by atoms with Crippen LogP contribution in [0, 0.1) is 11.7 Å². The third-order valence-electron chi connectivity index (χ3n) is 3.33. The van der Waals surface area contributed by atoms with Gasteiger partial charge in [0.1, 0.15) is 5.82 Å². The maximum atomic E-state index is 13.0. The van der Waals surface area contributed by atoms with Crippen LogP contribution in [0.5, 0.6) is 0 Å². The molecule has 1 aliphatic rings. The number of carbonyl (C=O) groups excluding carboxylic acids is 1. The average molecular weight is 271 g/mol. The molecule has 0 atom stereocenters. The Kier molecular flexibility index (Phi) is 4.19. The predicted octanol–water partition coefficient (Wildman–Crippen LogP) is 2.94. The zero-order chi connectivity index (χ0) is 13.1. The van der Waals surface area contributed by atoms with E-state index in [1.807, 2.05) is 0 Å². The summed E-state index contributed by atoms with van der Waals surface area (Å²) in [4.78, 5) is 12.0. The number of halogens is 2. The molecule has 1 saturated carbocycles. The van der Waals surface area contributed by atoms with Gasteiger partial charge in [-0.1, -0.05) is 11.6 Å². The molecule has 1 amide bonds. The minimum atomic E-state index is -0.488. The van der Waals surface area contributed by atoms with Crippen molar-refractivity contribution in [1.29, 1.82) is 0 Å². The molecule has 98 valence electrons. The normalized spacial score (nSPS) is 23.7. The number of anilines is 1. The lowest BCUT2D eigenvalue weighted by molar-refractivity contribution is -0.120. The third-order valence-corrected chi connectivity index (χ3v) is 3.62. The van der Waals surface area contributed by atoms with Crippen LogP contribution in [-0.4, -0.2) is 11.9 Å². The molecule has 0 spiro atoms. The van der Waals surface area contributed by atoms with E-state index >= 15 is 0 Å². The minimum Gasteiger partial charge on any atom is -0.328 e. The molecule has 2 rings (SSSR count). The van der Waals surface area contributed by atoms with Crippen LogP contribution in [0.1, 0.15) is 25.7 Å². The molecular weight excluding hydrogens is 255 g/mol. The quantitative estimate of drug-likeness (QED) is 0.868. The van der Waals surface area contributed by atoms with Gasteiger partial charge in [-0.05, 0) is 43.9 Å². The fourth-order valence-electron chi connectivity index (χ4n) is 2.20. The van der Waals surface area contributed by atoms with Gasteiger partial charge in [0.25, 0.3) is 0 Å². The van der Waals surface area contributed by atoms with Crippen molar-refractivity contribution in [1.82, 2.24) is 0 Å². The molecule has 1 aliphatic carbocycles. The van der Waals surface area contributed by atoms with Crippen molar-refractivity contribution >= 4 is 23.2 Å². The fourth-order valence-corrected chi connectivity index (χ4v) is 2.38. The molecule has 0 unspecified atom stereocenters. The van der Waals surface area contributed by atoms with Crippen molar-refractivity contribution in [3.63, 3.8) is 0 Å². The van der Waals surface area contributed by atoms with Crippen molar-refractivity contribution in [3.8, 4) is 0 Å². The fraction of sp³-hybridized carbons (Fsp3) is 0.462. The summed E-state index contributed by atoms with van der Waals surface area (Å²) in [5, 5.41) is 2.78. The van der Waals surface area contributed by atoms with Gasteiger partial charge >= 0.3 is 0 Å². The van der Waals surface area contributed by atoms with Gasteiger partial charge in [0, 0.05) is 17.6 Å². The Labute approximate surface area is 111 Å². The maximum absolute atomic E-state index is 13.0. The number of hydrogen-bond donors (Lipinski definition) is 2. The number of rotatable bonds is 2. The first kappa shape index (κ1) is 13.3. The van der Waals surface area contributed by atoms with E-state index in [-0.39, 0.29) is 22.9 Å². The zero-order valence-electron chi connectivity index (χ0n) is 9.96. The SMILES string of the molecule is NC1CCC(C(=O)Nc2ccc(F)c(Cl)c2)CC1. The van der Waals surface area contributed by atoms with E-state index in [9.17, 15) is 9.18 Å². The van der Waals surface area contributed by atoms with Crippen LogP contribution in [0.25, 0.3) is 0 Å². The lowest BCUT2D eigenvalue weighted by Gasteiger charge is -2.25. The Morgan fingerprint density at radius 1 is 1.33 bits per heavy atom. The van der Waals surface area contributed by atoms with Gasteiger partial charge in [0.15, 0.2) is 0 Å². The van der Waals surface area contributed by atoms with Gasteiger partial charge in [-0.25, -0.2) is 4.39 Å². The monoisotopic (exact) mass is 270 g/mol. The van der Waals surface area contributed by atoms with Gasteiger partial charge < -0.3 is 11.1 Å². The van der Waals surface area contributed by atoms with Crippen LogP contribution in [-0.2, 0) is 4.79 Å². The minimum absolute atomic E-state index is 0.00590. The van der Waals surface area contributed by atoms with Crippen molar-refractivity contribution < 1.29 is 9.18 Å². The third kappa shape index (κ3) is 3.21. The van der Waals surface area contributed by atoms with E-state index in [1.165, 1.54) is 18.2 Å². The van der Waals surface area contributed by atoms with Crippen LogP contribution in [0.2, 0.25) is 5.02 Å². The number of hydrogen-bond acceptors (Lipinski definition) is 2. The average Bonchev–Trinajstić information content (AvgIpc) is 2.34. The highest BCUT2D eigenvalue weighted by atomic mass is 35.5. The van der Waals surface area contributed by atoms with Gasteiger partial charge in [-0.2, -0.15) is 0 Å². The predicted molar refractivity (Wildman–Crippen MR) is 70.0 cm³/mol. The number of carbonyl (C=O) groups is 1. The van der Waals surface area contributed by atoms with Gasteiger partial charge in [-0.15, -0.1) is 0 Å². The molecule has 1 aromatic carbocycles. The Morgan fingerprint density at radius 3 is 2.61 bits per heavy atom. The molecule has 5 heteroatoms. The topological polar surface area (TPSA) is 55.1 Å². The summed E-state index contributed by atoms with van der Waals surface area (Å²) in [6.07, 6.45) is 3.37. The van der Waals surface area contributed by atoms with Gasteiger partial charge in [0.05, 0.1) is 5.02 Å². The standard InChI is InChI=1S/C13H16ClFN2O/c14-11-7-10(5-6-12(11)15)17-13(18)8-1-3-9(16)4-2-8/h5-9H,1-4,16H2,(H,17,18). The van der Waals surface area contributed by atoms with Crippen LogP contribution in [0.15, 0.2) is 18.2 Å². The molecule has 0 radical (unpaired) electrons. The van der Waals surface area contributed by atoms with Crippen molar-refractivity contribution in [2.45, 2.75) is 31.7 Å². The summed E-state index contributed by atoms with van der Waals surface area (Å²) in [6.45, 7) is 0. The molecular formula is C13H16ClFN2O. The molecule has 0 saturated heterocycles. The van der Waals surface area contributed by atoms with Crippen LogP contribution in [0.3, 0.4) is 0 Å². The Morgan fingerprint density at radius 2 is 2.00 bits per heavy atom. The zero-order valence-corrected chi connectivity index (χ0v) is 10.7. The van der Waals surface area contributed by atoms with Crippen molar-refractivity contribution in [3.05, 3.63) is 29.0 Å². The van der Waals surface area contributed by atoms with Crippen LogP contribution in [0.4, 0.5) is 10.1 Å². The van der Waals surface area contributed by atoms with Gasteiger partial charge in [0.2, 0.25) is 5.91 Å². The number of benzene rings is 1. The number of nitrogens with one attached hydrogen (secondary N) is 1. The highest BCUT2D eigenvalue weighted by Crippen LogP contribution is 2.25. The first-order chi connectivity index (χ1) is 8.56. The Balaban J connectivity index is 1.96. The van der Waals surface area contributed by atoms with E-state index in [2.05, 4.69) is 5.32 Å². The molecule has 0 aromatic heterocycles. The summed E-state index contributed by atoms with van der Waals surface area (Å²) in [6, 6.07) is 4.39. The van der Waals surface area contributed by atoms with Crippen molar-refractivity contribution in [2.24, 2.45) is 11.7 Å². The molecule has 0 aliphatic heterocycles. The second kappa shape index (κ2) is 5.67. The van der Waals surface area contributed by atoms with Gasteiger partial charge in [-0.3, -0.25) is 4.79 Å². The maximum Gasteiger partial charge on any atom is 0.227 e. The molecule has 0 heterocycles. The van der Waals surface area contributed by atoms with E-state index in [0.29, 0.717) is 5.69 Å². The highest BCUT2D eigenvalue weighted by Gasteiger charge is 2.24. The lowest BCUT2D eigenvalue weighted by atomic mass is 9.86. The molecule has 1 aromatic rings. The lowest BCUT2D eigenvalue weighted by Crippen LogP contribution is -2.32. The summed E-state index contributed by atoms with van der Waals surface area (Å²) >= 11 is 5.66. The van der Waals surface area contributed by atoms with E-state index < -0.39 is 5.82 Å². The molecule has 0 bridgehead atoms. The first-order valence-corrected chi connectivity index (χ1v) is 6.45. The van der Waals surface area contributed by atoms with Crippen LogP contribution < -0.4 is 11.1 Å². The van der Waals surface area contributed by atoms with E-state index in [1.54, 1.807) is 0 Å². The molecule has 3 nitrogen and oxygen atoms in total. The van der Waals surface area contributed by atoms with E-state index in [4.69, 9.17) is 17.3 Å². The number of amides is 1. The number of nitrogens with two attached hydrogens (primary N) is 1. The molecule has 1 fully saturated rings. The first-order valence-electron chi connectivity index (χ1n) is 6.08. The second-order valence-electron chi connectivity index (χ2n) is 4.73. The largest absolute Gasteiger partial charge is 0.328 e. The molecule has 18 heavy (non-hydrogen) atoms. The Bertz CT molecular complexity index is 445. The summed E-state index contributed by atoms with van der Waals surface area (Å²) in [7, 11) is 0. The van der Waals surface area contributed by atoms with Crippen molar-refractivity contribution in [2.75, 3.05) is 5.32 Å². The summed E-state index contributed by atoms with van der Waals surface area (Å²) in [5.41, 5.74) is 6.32. The second-order valence-corrected chi connectivity index (χ2v) is 5.14. The summed E-state index contributed by atoms with van der Waals surface area (Å²) in [5.74, 6) is -0.531. The van der Waals surface area contributed by atoms with E-state index in [0.717, 1.165) is 25.7 Å². The van der Waals surface area contributed by atoms with Crippen LogP contribution >= 0.6 is 11.6 Å².